The van der Waals surface area contributed by atoms with Crippen LogP contribution in [0, 0.1) is 0 Å². The molecule has 0 aliphatic carbocycles. The summed E-state index contributed by atoms with van der Waals surface area (Å²) in [5.74, 6) is -0.474. The molecule has 0 unspecified atom stereocenters. The lowest BCUT2D eigenvalue weighted by Gasteiger charge is -2.16. The van der Waals surface area contributed by atoms with E-state index in [-0.39, 0.29) is 24.1 Å². The van der Waals surface area contributed by atoms with Crippen molar-refractivity contribution in [1.82, 2.24) is 5.32 Å². The third-order valence-electron chi connectivity index (χ3n) is 3.40. The first-order valence-electron chi connectivity index (χ1n) is 7.37. The van der Waals surface area contributed by atoms with Gasteiger partial charge in [0.15, 0.2) is 6.61 Å². The first-order valence-corrected chi connectivity index (χ1v) is 8.16. The molecule has 1 amide bonds. The van der Waals surface area contributed by atoms with Gasteiger partial charge < -0.3 is 14.8 Å². The van der Waals surface area contributed by atoms with E-state index in [1.807, 2.05) is 31.2 Å². The van der Waals surface area contributed by atoms with Crippen molar-refractivity contribution in [3.63, 3.8) is 0 Å². The number of rotatable bonds is 6. The zero-order chi connectivity index (χ0) is 17.5. The highest BCUT2D eigenvalue weighted by Gasteiger charge is 2.15. The number of amides is 1. The van der Waals surface area contributed by atoms with Crippen molar-refractivity contribution in [2.24, 2.45) is 0 Å². The Hall–Kier alpha value is -2.34. The van der Waals surface area contributed by atoms with Crippen LogP contribution >= 0.6 is 15.9 Å². The van der Waals surface area contributed by atoms with Crippen LogP contribution in [0.5, 0.6) is 5.75 Å². The monoisotopic (exact) mass is 391 g/mol. The molecule has 0 aliphatic heterocycles. The van der Waals surface area contributed by atoms with Crippen LogP contribution in [-0.2, 0) is 9.53 Å². The van der Waals surface area contributed by atoms with E-state index in [1.165, 1.54) is 7.11 Å². The minimum atomic E-state index is -0.507. The Labute approximate surface area is 149 Å². The Kier molecular flexibility index (Phi) is 6.37. The highest BCUT2D eigenvalue weighted by Crippen LogP contribution is 2.23. The zero-order valence-corrected chi connectivity index (χ0v) is 15.0. The smallest absolute Gasteiger partial charge is 0.341 e. The SMILES string of the molecule is COC(=O)c1ccccc1OCC(=O)N[C@@H](C)c1ccccc1Br. The van der Waals surface area contributed by atoms with Gasteiger partial charge in [0, 0.05) is 4.47 Å². The third-order valence-corrected chi connectivity index (χ3v) is 4.12. The highest BCUT2D eigenvalue weighted by molar-refractivity contribution is 9.10. The molecule has 6 heteroatoms. The van der Waals surface area contributed by atoms with Gasteiger partial charge >= 0.3 is 5.97 Å². The molecular weight excluding hydrogens is 374 g/mol. The van der Waals surface area contributed by atoms with Crippen molar-refractivity contribution in [2.75, 3.05) is 13.7 Å². The summed E-state index contributed by atoms with van der Waals surface area (Å²) in [7, 11) is 1.30. The molecule has 126 valence electrons. The summed E-state index contributed by atoms with van der Waals surface area (Å²) in [6, 6.07) is 14.1. The van der Waals surface area contributed by atoms with Gasteiger partial charge in [-0.2, -0.15) is 0 Å². The van der Waals surface area contributed by atoms with Crippen molar-refractivity contribution in [3.8, 4) is 5.75 Å². The van der Waals surface area contributed by atoms with E-state index in [0.717, 1.165) is 10.0 Å². The van der Waals surface area contributed by atoms with E-state index in [0.29, 0.717) is 5.75 Å². The zero-order valence-electron chi connectivity index (χ0n) is 13.4. The molecule has 0 aromatic heterocycles. The van der Waals surface area contributed by atoms with Gasteiger partial charge in [0.1, 0.15) is 11.3 Å². The summed E-state index contributed by atoms with van der Waals surface area (Å²) in [6.07, 6.45) is 0. The fraction of sp³-hybridized carbons (Fsp3) is 0.222. The summed E-state index contributed by atoms with van der Waals surface area (Å²) >= 11 is 3.46. The van der Waals surface area contributed by atoms with Crippen LogP contribution in [0.3, 0.4) is 0 Å². The molecule has 0 spiro atoms. The Balaban J connectivity index is 1.97. The van der Waals surface area contributed by atoms with E-state index in [4.69, 9.17) is 9.47 Å². The standard InChI is InChI=1S/C18H18BrNO4/c1-12(13-7-3-5-9-15(13)19)20-17(21)11-24-16-10-6-4-8-14(16)18(22)23-2/h3-10,12H,11H2,1-2H3,(H,20,21)/t12-/m0/s1. The van der Waals surface area contributed by atoms with Gasteiger partial charge in [-0.3, -0.25) is 4.79 Å². The van der Waals surface area contributed by atoms with Gasteiger partial charge in [0.25, 0.3) is 5.91 Å². The van der Waals surface area contributed by atoms with E-state index in [1.54, 1.807) is 24.3 Å². The minimum absolute atomic E-state index is 0.174. The summed E-state index contributed by atoms with van der Waals surface area (Å²) < 4.78 is 11.1. The third kappa shape index (κ3) is 4.58. The number of benzene rings is 2. The highest BCUT2D eigenvalue weighted by atomic mass is 79.9. The maximum absolute atomic E-state index is 12.1. The molecule has 0 aliphatic rings. The number of nitrogens with one attached hydrogen (secondary N) is 1. The first-order chi connectivity index (χ1) is 11.5. The fourth-order valence-corrected chi connectivity index (χ4v) is 2.83. The topological polar surface area (TPSA) is 64.6 Å². The number of hydrogen-bond acceptors (Lipinski definition) is 4. The summed E-state index contributed by atoms with van der Waals surface area (Å²) in [5.41, 5.74) is 1.26. The number of para-hydroxylation sites is 1. The number of ether oxygens (including phenoxy) is 2. The summed E-state index contributed by atoms with van der Waals surface area (Å²) in [4.78, 5) is 23.8. The van der Waals surface area contributed by atoms with Crippen LogP contribution < -0.4 is 10.1 Å². The number of hydrogen-bond donors (Lipinski definition) is 1. The number of methoxy groups -OCH3 is 1. The maximum Gasteiger partial charge on any atom is 0.341 e. The second-order valence-corrected chi connectivity index (χ2v) is 5.94. The van der Waals surface area contributed by atoms with Gasteiger partial charge in [-0.25, -0.2) is 4.79 Å². The molecule has 0 fully saturated rings. The normalized spacial score (nSPS) is 11.5. The Morgan fingerprint density at radius 3 is 2.50 bits per heavy atom. The van der Waals surface area contributed by atoms with Gasteiger partial charge in [0.05, 0.1) is 13.2 Å². The number of halogens is 1. The molecular formula is C18H18BrNO4. The lowest BCUT2D eigenvalue weighted by Crippen LogP contribution is -2.31. The van der Waals surface area contributed by atoms with Crippen LogP contribution in [0.25, 0.3) is 0 Å². The molecule has 0 bridgehead atoms. The Morgan fingerprint density at radius 2 is 1.79 bits per heavy atom. The molecule has 2 aromatic carbocycles. The maximum atomic E-state index is 12.1. The molecule has 0 heterocycles. The predicted molar refractivity (Wildman–Crippen MR) is 94.0 cm³/mol. The number of carbonyl (C=O) groups excluding carboxylic acids is 2. The second kappa shape index (κ2) is 8.49. The number of esters is 1. The van der Waals surface area contributed by atoms with Crippen molar-refractivity contribution >= 4 is 27.8 Å². The quantitative estimate of drug-likeness (QED) is 0.765. The van der Waals surface area contributed by atoms with E-state index in [2.05, 4.69) is 21.2 Å². The number of carbonyl (C=O) groups is 2. The molecule has 2 aromatic rings. The lowest BCUT2D eigenvalue weighted by molar-refractivity contribution is -0.123. The molecule has 0 saturated carbocycles. The fourth-order valence-electron chi connectivity index (χ4n) is 2.20. The molecule has 0 saturated heterocycles. The average Bonchev–Trinajstić information content (AvgIpc) is 2.59. The van der Waals surface area contributed by atoms with Crippen LogP contribution in [0.15, 0.2) is 53.0 Å². The largest absolute Gasteiger partial charge is 0.483 e. The molecule has 1 atom stereocenters. The molecule has 24 heavy (non-hydrogen) atoms. The summed E-state index contributed by atoms with van der Waals surface area (Å²) in [6.45, 7) is 1.70. The molecule has 5 nitrogen and oxygen atoms in total. The van der Waals surface area contributed by atoms with E-state index >= 15 is 0 Å². The molecule has 2 rings (SSSR count). The summed E-state index contributed by atoms with van der Waals surface area (Å²) in [5, 5.41) is 2.86. The average molecular weight is 392 g/mol. The Bertz CT molecular complexity index is 732. The van der Waals surface area contributed by atoms with Gasteiger partial charge in [0.2, 0.25) is 0 Å². The molecule has 1 N–H and O–H groups in total. The van der Waals surface area contributed by atoms with Gasteiger partial charge in [-0.05, 0) is 30.7 Å². The lowest BCUT2D eigenvalue weighted by atomic mass is 10.1. The van der Waals surface area contributed by atoms with Crippen molar-refractivity contribution in [2.45, 2.75) is 13.0 Å². The van der Waals surface area contributed by atoms with Crippen molar-refractivity contribution in [3.05, 3.63) is 64.1 Å². The van der Waals surface area contributed by atoms with Crippen molar-refractivity contribution in [1.29, 1.82) is 0 Å². The van der Waals surface area contributed by atoms with Gasteiger partial charge in [-0.1, -0.05) is 46.3 Å². The van der Waals surface area contributed by atoms with Crippen LogP contribution in [0.1, 0.15) is 28.9 Å². The first kappa shape index (κ1) is 18.0. The Morgan fingerprint density at radius 1 is 1.12 bits per heavy atom. The van der Waals surface area contributed by atoms with Gasteiger partial charge in [-0.15, -0.1) is 0 Å². The predicted octanol–water partition coefficient (Wildman–Crippen LogP) is 3.49. The second-order valence-electron chi connectivity index (χ2n) is 5.09. The van der Waals surface area contributed by atoms with Crippen LogP contribution in [-0.4, -0.2) is 25.6 Å². The van der Waals surface area contributed by atoms with Crippen LogP contribution in [0.4, 0.5) is 0 Å². The minimum Gasteiger partial charge on any atom is -0.483 e. The van der Waals surface area contributed by atoms with E-state index < -0.39 is 5.97 Å². The van der Waals surface area contributed by atoms with Crippen LogP contribution in [0.2, 0.25) is 0 Å². The van der Waals surface area contributed by atoms with Crippen molar-refractivity contribution < 1.29 is 19.1 Å². The molecule has 0 radical (unpaired) electrons. The van der Waals surface area contributed by atoms with E-state index in [9.17, 15) is 9.59 Å².